The van der Waals surface area contributed by atoms with Gasteiger partial charge >= 0.3 is 5.97 Å². The van der Waals surface area contributed by atoms with Gasteiger partial charge in [0.15, 0.2) is 5.17 Å². The number of hydrogen-bond acceptors (Lipinski definition) is 6. The van der Waals surface area contributed by atoms with Crippen molar-refractivity contribution < 1.29 is 19.1 Å². The molecule has 10 heteroatoms. The van der Waals surface area contributed by atoms with E-state index in [-0.39, 0.29) is 24.8 Å². The monoisotopic (exact) mass is 569 g/mol. The molecule has 0 aromatic heterocycles. The average Bonchev–Trinajstić information content (AvgIpc) is 3.16. The molecular formula is C28H25Cl2N3O4S. The molecule has 1 aliphatic rings. The summed E-state index contributed by atoms with van der Waals surface area (Å²) in [6.07, 6.45) is 0.587. The van der Waals surface area contributed by atoms with Crippen molar-refractivity contribution in [3.63, 3.8) is 0 Å². The molecule has 0 unspecified atom stereocenters. The van der Waals surface area contributed by atoms with Crippen LogP contribution in [0.15, 0.2) is 77.8 Å². The molecular weight excluding hydrogens is 545 g/mol. The van der Waals surface area contributed by atoms with E-state index in [0.717, 1.165) is 5.56 Å². The Morgan fingerprint density at radius 2 is 1.71 bits per heavy atom. The van der Waals surface area contributed by atoms with Crippen molar-refractivity contribution in [2.75, 3.05) is 18.5 Å². The van der Waals surface area contributed by atoms with E-state index in [1.807, 2.05) is 30.3 Å². The van der Waals surface area contributed by atoms with Crippen LogP contribution >= 0.6 is 35.0 Å². The third kappa shape index (κ3) is 7.37. The number of nitrogens with zero attached hydrogens (tertiary/aromatic N) is 2. The summed E-state index contributed by atoms with van der Waals surface area (Å²) in [5, 5.41) is 3.41. The maximum atomic E-state index is 13.4. The summed E-state index contributed by atoms with van der Waals surface area (Å²) in [7, 11) is 0. The Morgan fingerprint density at radius 1 is 1.03 bits per heavy atom. The summed E-state index contributed by atoms with van der Waals surface area (Å²) in [6.45, 7) is 2.45. The Hall–Kier alpha value is -3.33. The van der Waals surface area contributed by atoms with E-state index < -0.39 is 11.2 Å². The number of anilines is 1. The highest BCUT2D eigenvalue weighted by molar-refractivity contribution is 8.15. The number of benzene rings is 3. The molecule has 4 rings (SSSR count). The quantitative estimate of drug-likeness (QED) is 0.302. The molecule has 3 aromatic carbocycles. The summed E-state index contributed by atoms with van der Waals surface area (Å²) >= 11 is 13.3. The molecule has 0 radical (unpaired) electrons. The van der Waals surface area contributed by atoms with Gasteiger partial charge in [0.2, 0.25) is 11.8 Å². The van der Waals surface area contributed by atoms with Gasteiger partial charge in [-0.15, -0.1) is 0 Å². The molecule has 0 saturated carbocycles. The predicted octanol–water partition coefficient (Wildman–Crippen LogP) is 6.37. The molecule has 0 aliphatic carbocycles. The number of amidine groups is 1. The third-order valence-corrected chi connectivity index (χ3v) is 7.22. The van der Waals surface area contributed by atoms with Crippen molar-refractivity contribution in [2.24, 2.45) is 4.99 Å². The van der Waals surface area contributed by atoms with Crippen LogP contribution < -0.4 is 5.32 Å². The summed E-state index contributed by atoms with van der Waals surface area (Å²) in [5.74, 6) is -0.932. The Balaban J connectivity index is 1.51. The molecule has 7 nitrogen and oxygen atoms in total. The first kappa shape index (κ1) is 27.7. The summed E-state index contributed by atoms with van der Waals surface area (Å²) in [5.41, 5.74) is 2.54. The molecule has 0 spiro atoms. The van der Waals surface area contributed by atoms with E-state index in [9.17, 15) is 14.4 Å². The summed E-state index contributed by atoms with van der Waals surface area (Å²) in [6, 6.07) is 21.3. The first-order valence-electron chi connectivity index (χ1n) is 12.0. The topological polar surface area (TPSA) is 88.1 Å². The van der Waals surface area contributed by atoms with Crippen molar-refractivity contribution in [3.8, 4) is 0 Å². The van der Waals surface area contributed by atoms with Crippen LogP contribution in [0.1, 0.15) is 29.3 Å². The fourth-order valence-corrected chi connectivity index (χ4v) is 5.53. The van der Waals surface area contributed by atoms with Crippen LogP contribution in [0.5, 0.6) is 0 Å². The van der Waals surface area contributed by atoms with Crippen LogP contribution in [0.3, 0.4) is 0 Å². The van der Waals surface area contributed by atoms with Gasteiger partial charge in [-0.1, -0.05) is 65.3 Å². The van der Waals surface area contributed by atoms with Crippen molar-refractivity contribution in [1.82, 2.24) is 4.90 Å². The number of thioether (sulfide) groups is 1. The first-order chi connectivity index (χ1) is 18.3. The van der Waals surface area contributed by atoms with Gasteiger partial charge < -0.3 is 10.1 Å². The highest BCUT2D eigenvalue weighted by Gasteiger charge is 2.39. The van der Waals surface area contributed by atoms with Crippen LogP contribution in [0.4, 0.5) is 11.4 Å². The fourth-order valence-electron chi connectivity index (χ4n) is 3.82. The third-order valence-electron chi connectivity index (χ3n) is 5.61. The standard InChI is InChI=1S/C28H25Cl2N3O4S/c1-2-37-27(36)19-8-10-22(11-9-19)32-28-33(13-12-18-6-4-3-5-7-18)26(35)24(38-28)17-25(34)31-23-15-20(29)14-21(30)16-23/h3-11,14-16,24H,2,12-13,17H2,1H3,(H,31,34)/t24-/m0/s1. The molecule has 3 aromatic rings. The van der Waals surface area contributed by atoms with Gasteiger partial charge in [-0.25, -0.2) is 9.79 Å². The maximum absolute atomic E-state index is 13.4. The maximum Gasteiger partial charge on any atom is 0.338 e. The normalized spacial score (nSPS) is 16.1. The van der Waals surface area contributed by atoms with E-state index in [0.29, 0.717) is 45.1 Å². The molecule has 196 valence electrons. The molecule has 38 heavy (non-hydrogen) atoms. The van der Waals surface area contributed by atoms with Gasteiger partial charge in [0, 0.05) is 28.7 Å². The Morgan fingerprint density at radius 3 is 2.37 bits per heavy atom. The lowest BCUT2D eigenvalue weighted by molar-refractivity contribution is -0.128. The van der Waals surface area contributed by atoms with Crippen LogP contribution in [0.25, 0.3) is 0 Å². The second-order valence-electron chi connectivity index (χ2n) is 8.40. The molecule has 1 N–H and O–H groups in total. The average molecular weight is 570 g/mol. The number of amides is 2. The van der Waals surface area contributed by atoms with Gasteiger partial charge in [-0.05, 0) is 61.4 Å². The van der Waals surface area contributed by atoms with Crippen molar-refractivity contribution in [2.45, 2.75) is 25.0 Å². The zero-order valence-corrected chi connectivity index (χ0v) is 22.9. The van der Waals surface area contributed by atoms with Crippen LogP contribution in [-0.2, 0) is 20.7 Å². The molecule has 0 bridgehead atoms. The van der Waals surface area contributed by atoms with Gasteiger partial charge in [-0.2, -0.15) is 0 Å². The minimum atomic E-state index is -0.641. The lowest BCUT2D eigenvalue weighted by Crippen LogP contribution is -2.35. The summed E-state index contributed by atoms with van der Waals surface area (Å²) < 4.78 is 5.03. The van der Waals surface area contributed by atoms with Gasteiger partial charge in [0.25, 0.3) is 0 Å². The minimum absolute atomic E-state index is 0.0454. The van der Waals surface area contributed by atoms with Crippen molar-refractivity contribution >= 4 is 69.3 Å². The number of aliphatic imine (C=N–C) groups is 1. The lowest BCUT2D eigenvalue weighted by Gasteiger charge is -2.16. The van der Waals surface area contributed by atoms with E-state index in [4.69, 9.17) is 27.9 Å². The largest absolute Gasteiger partial charge is 0.462 e. The lowest BCUT2D eigenvalue weighted by atomic mass is 10.1. The predicted molar refractivity (Wildman–Crippen MR) is 152 cm³/mol. The van der Waals surface area contributed by atoms with Gasteiger partial charge in [0.1, 0.15) is 5.25 Å². The number of carbonyl (C=O) groups is 3. The first-order valence-corrected chi connectivity index (χ1v) is 13.6. The van der Waals surface area contributed by atoms with Crippen molar-refractivity contribution in [1.29, 1.82) is 0 Å². The zero-order valence-electron chi connectivity index (χ0n) is 20.5. The number of halogens is 2. The molecule has 2 amide bonds. The Labute approximate surface area is 235 Å². The number of nitrogens with one attached hydrogen (secondary N) is 1. The van der Waals surface area contributed by atoms with Gasteiger partial charge in [-0.3, -0.25) is 14.5 Å². The van der Waals surface area contributed by atoms with E-state index in [2.05, 4.69) is 10.3 Å². The molecule has 1 atom stereocenters. The van der Waals surface area contributed by atoms with Crippen LogP contribution in [-0.4, -0.2) is 46.3 Å². The molecule has 1 fully saturated rings. The number of carbonyl (C=O) groups excluding carboxylic acids is 3. The SMILES string of the molecule is CCOC(=O)c1ccc(N=C2S[C@@H](CC(=O)Nc3cc(Cl)cc(Cl)c3)C(=O)N2CCc2ccccc2)cc1. The fraction of sp³-hybridized carbons (Fsp3) is 0.214. The van der Waals surface area contributed by atoms with E-state index in [1.165, 1.54) is 11.8 Å². The molecule has 1 aliphatic heterocycles. The highest BCUT2D eigenvalue weighted by atomic mass is 35.5. The highest BCUT2D eigenvalue weighted by Crippen LogP contribution is 2.32. The molecule has 1 saturated heterocycles. The minimum Gasteiger partial charge on any atom is -0.462 e. The second-order valence-corrected chi connectivity index (χ2v) is 10.4. The number of ether oxygens (including phenoxy) is 1. The number of rotatable bonds is 9. The van der Waals surface area contributed by atoms with Gasteiger partial charge in [0.05, 0.1) is 17.9 Å². The Kier molecular flexibility index (Phi) is 9.44. The van der Waals surface area contributed by atoms with Crippen LogP contribution in [0.2, 0.25) is 10.0 Å². The van der Waals surface area contributed by atoms with E-state index in [1.54, 1.807) is 54.3 Å². The smallest absolute Gasteiger partial charge is 0.338 e. The van der Waals surface area contributed by atoms with Crippen LogP contribution in [0, 0.1) is 0 Å². The van der Waals surface area contributed by atoms with E-state index >= 15 is 0 Å². The van der Waals surface area contributed by atoms with Crippen molar-refractivity contribution in [3.05, 3.63) is 94.0 Å². The molecule has 1 heterocycles. The number of esters is 1. The second kappa shape index (κ2) is 13.0. The summed E-state index contributed by atoms with van der Waals surface area (Å²) in [4.78, 5) is 44.4. The Bertz CT molecular complexity index is 1330. The zero-order chi connectivity index (χ0) is 27.1. The number of hydrogen-bond donors (Lipinski definition) is 1.